The van der Waals surface area contributed by atoms with Gasteiger partial charge in [0.25, 0.3) is 0 Å². The molecule has 0 radical (unpaired) electrons. The molecule has 0 fully saturated rings. The minimum atomic E-state index is 0. The zero-order valence-corrected chi connectivity index (χ0v) is 3.00. The maximum atomic E-state index is 0. The third-order valence-electron chi connectivity index (χ3n) is 0. The van der Waals surface area contributed by atoms with Gasteiger partial charge in [0.05, 0.1) is 8.41 Å². The monoisotopic (exact) mass is 76.1 g/mol. The topological polar surface area (TPSA) is 0 Å². The Morgan fingerprint density at radius 3 is 1.00 bits per heavy atom. The molecule has 0 N–H and O–H groups in total. The molecule has 0 aromatic heterocycles. The average Bonchev–Trinajstić information content (AvgIpc) is 0. The summed E-state index contributed by atoms with van der Waals surface area (Å²) in [6.45, 7) is 0. The summed E-state index contributed by atoms with van der Waals surface area (Å²) in [6, 6.07) is 0. The molecule has 0 bridgehead atoms. The number of hydrogen-bond donors (Lipinski definition) is 0. The molecule has 0 aliphatic carbocycles. The van der Waals surface area contributed by atoms with E-state index in [4.69, 9.17) is 0 Å². The van der Waals surface area contributed by atoms with Crippen LogP contribution in [0, 0.1) is 0 Å². The van der Waals surface area contributed by atoms with Gasteiger partial charge in [-0.25, -0.2) is 0 Å². The Balaban J connectivity index is 0. The Morgan fingerprint density at radius 1 is 1.00 bits per heavy atom. The summed E-state index contributed by atoms with van der Waals surface area (Å²) < 4.78 is 0. The van der Waals surface area contributed by atoms with E-state index in [0.29, 0.717) is 0 Å². The standard InChI is InChI=1S/BH4.BH3.2Na.H/h1H4;1H3;;;/q-1;;;+1;. The first-order chi connectivity index (χ1) is 0. The second kappa shape index (κ2) is 19.3. The summed E-state index contributed by atoms with van der Waals surface area (Å²) in [5.41, 5.74) is 0. The third kappa shape index (κ3) is 8.92. The Morgan fingerprint density at radius 2 is 1.00 bits per heavy atom. The fraction of sp³-hybridized carbons (Fsp3) is 0. The van der Waals surface area contributed by atoms with E-state index in [-0.39, 0.29) is 75.9 Å². The zero-order chi connectivity index (χ0) is 0. The Bertz CT molecular complexity index is 4.00. The van der Waals surface area contributed by atoms with Gasteiger partial charge in [0.2, 0.25) is 0 Å². The van der Waals surface area contributed by atoms with Gasteiger partial charge in [-0.3, -0.25) is 0 Å². The molecule has 0 aliphatic heterocycles. The van der Waals surface area contributed by atoms with Crippen LogP contribution >= 0.6 is 0 Å². The number of rotatable bonds is 0. The van der Waals surface area contributed by atoms with Crippen molar-refractivity contribution >= 4 is 46.4 Å². The molecule has 4 heavy (non-hydrogen) atoms. The maximum absolute atomic E-state index is 0. The van der Waals surface area contributed by atoms with E-state index in [1.54, 1.807) is 0 Å². The van der Waals surface area contributed by atoms with Gasteiger partial charge in [-0.05, 0) is 0 Å². The van der Waals surface area contributed by atoms with Gasteiger partial charge < -0.3 is 0 Å². The van der Waals surface area contributed by atoms with Crippen LogP contribution < -0.4 is 29.6 Å². The Labute approximate surface area is 74.8 Å². The van der Waals surface area contributed by atoms with E-state index in [9.17, 15) is 0 Å². The minimum absolute atomic E-state index is 0. The summed E-state index contributed by atoms with van der Waals surface area (Å²) in [5.74, 6) is 0. The van der Waals surface area contributed by atoms with Crippen LogP contribution in [0.3, 0.4) is 0 Å². The van der Waals surface area contributed by atoms with E-state index in [1.165, 1.54) is 0 Å². The van der Waals surface area contributed by atoms with Crippen molar-refractivity contribution in [1.29, 1.82) is 0 Å². The molecule has 0 atom stereocenters. The Kier molecular flexibility index (Phi) is 171. The molecule has 0 rings (SSSR count). The molecule has 0 aromatic rings. The van der Waals surface area contributed by atoms with Crippen LogP contribution in [0.1, 0.15) is 0 Å². The molecule has 0 saturated heterocycles. The first kappa shape index (κ1) is 35.6. The van der Waals surface area contributed by atoms with Gasteiger partial charge in [0.15, 0.2) is 0 Å². The molecule has 16 valence electrons. The van der Waals surface area contributed by atoms with Crippen molar-refractivity contribution in [3.8, 4) is 0 Å². The van der Waals surface area contributed by atoms with Gasteiger partial charge in [-0.15, -0.1) is 0 Å². The summed E-state index contributed by atoms with van der Waals surface area (Å²) in [6.07, 6.45) is 0. The van der Waals surface area contributed by atoms with E-state index in [2.05, 4.69) is 0 Å². The van der Waals surface area contributed by atoms with Gasteiger partial charge in [-0.1, -0.05) is 8.41 Å². The molecule has 0 unspecified atom stereocenters. The van der Waals surface area contributed by atoms with Gasteiger partial charge in [0.1, 0.15) is 0 Å². The van der Waals surface area contributed by atoms with Crippen molar-refractivity contribution < 1.29 is 29.6 Å². The third-order valence-corrected chi connectivity index (χ3v) is 0. The van der Waals surface area contributed by atoms with Crippen LogP contribution in [0.2, 0.25) is 0 Å². The zero-order valence-electron chi connectivity index (χ0n) is 1.00. The van der Waals surface area contributed by atoms with Crippen LogP contribution in [-0.2, 0) is 0 Å². The van der Waals surface area contributed by atoms with Crippen molar-refractivity contribution in [1.82, 2.24) is 0 Å². The molecular weight excluding hydrogens is 67.6 g/mol. The van der Waals surface area contributed by atoms with Crippen LogP contribution in [0.5, 0.6) is 0 Å². The van der Waals surface area contributed by atoms with Gasteiger partial charge in [-0.2, -0.15) is 0 Å². The molecule has 4 heteroatoms. The fourth-order valence-electron chi connectivity index (χ4n) is 0. The molecule has 0 amide bonds. The molecule has 0 spiro atoms. The molecule has 0 aliphatic rings. The van der Waals surface area contributed by atoms with Crippen LogP contribution in [0.4, 0.5) is 0 Å². The van der Waals surface area contributed by atoms with Gasteiger partial charge >= 0.3 is 59.1 Å². The summed E-state index contributed by atoms with van der Waals surface area (Å²) >= 11 is 0. The summed E-state index contributed by atoms with van der Waals surface area (Å²) in [5, 5.41) is 0. The first-order valence-electron chi connectivity index (χ1n) is 0. The molecule has 0 saturated carbocycles. The predicted octanol–water partition coefficient (Wildman–Crippen LogP) is -6.28. The second-order valence-corrected chi connectivity index (χ2v) is 0. The van der Waals surface area contributed by atoms with Crippen molar-refractivity contribution in [3.05, 3.63) is 0 Å². The van der Waals surface area contributed by atoms with Crippen molar-refractivity contribution in [2.45, 2.75) is 0 Å². The van der Waals surface area contributed by atoms with Crippen molar-refractivity contribution in [3.63, 3.8) is 0 Å². The Hall–Kier alpha value is 2.13. The fourth-order valence-corrected chi connectivity index (χ4v) is 0. The summed E-state index contributed by atoms with van der Waals surface area (Å²) in [7, 11) is 0. The van der Waals surface area contributed by atoms with Gasteiger partial charge in [0, 0.05) is 0 Å². The number of hydrogen-bond acceptors (Lipinski definition) is 0. The quantitative estimate of drug-likeness (QED) is 0.252. The van der Waals surface area contributed by atoms with Crippen LogP contribution in [0.25, 0.3) is 0 Å². The molecule has 0 heterocycles. The normalized spacial score (nSPS) is 0. The molecule has 0 aromatic carbocycles. The van der Waals surface area contributed by atoms with E-state index in [1.807, 2.05) is 0 Å². The second-order valence-electron chi connectivity index (χ2n) is 0. The molecule has 0 nitrogen and oxygen atoms in total. The van der Waals surface area contributed by atoms with Crippen LogP contribution in [-0.4, -0.2) is 46.4 Å². The predicted molar refractivity (Wildman–Crippen MR) is 28.4 cm³/mol. The van der Waals surface area contributed by atoms with E-state index in [0.717, 1.165) is 0 Å². The molecular formula is H8B2Na2. The average molecular weight is 75.7 g/mol. The summed E-state index contributed by atoms with van der Waals surface area (Å²) in [4.78, 5) is 0. The SMILES string of the molecule is B.[BH4-].[Na+].[NaH]. The van der Waals surface area contributed by atoms with Crippen LogP contribution in [0.15, 0.2) is 0 Å². The van der Waals surface area contributed by atoms with Crippen molar-refractivity contribution in [2.75, 3.05) is 0 Å². The van der Waals surface area contributed by atoms with E-state index >= 15 is 0 Å². The van der Waals surface area contributed by atoms with Crippen molar-refractivity contribution in [2.24, 2.45) is 0 Å². The van der Waals surface area contributed by atoms with E-state index < -0.39 is 0 Å². The first-order valence-corrected chi connectivity index (χ1v) is 0.